The summed E-state index contributed by atoms with van der Waals surface area (Å²) in [7, 11) is 0. The topological polar surface area (TPSA) is 65.0 Å². The molecule has 2 aromatic heterocycles. The number of fused-ring (bicyclic) bond motifs is 1. The first-order valence-corrected chi connectivity index (χ1v) is 9.39. The van der Waals surface area contributed by atoms with Crippen molar-refractivity contribution in [2.24, 2.45) is 0 Å². The molecular formula is C20H19N3O2S. The third-order valence-corrected chi connectivity index (χ3v) is 4.87. The van der Waals surface area contributed by atoms with Gasteiger partial charge in [0.2, 0.25) is 11.8 Å². The van der Waals surface area contributed by atoms with E-state index in [-0.39, 0.29) is 5.41 Å². The van der Waals surface area contributed by atoms with Crippen molar-refractivity contribution in [1.29, 1.82) is 0 Å². The lowest BCUT2D eigenvalue weighted by Gasteiger charge is -2.18. The molecule has 0 saturated heterocycles. The largest absolute Gasteiger partial charge is 0.431 e. The van der Waals surface area contributed by atoms with Crippen molar-refractivity contribution in [3.63, 3.8) is 0 Å². The van der Waals surface area contributed by atoms with Crippen LogP contribution in [0.4, 0.5) is 0 Å². The first kappa shape index (κ1) is 16.8. The molecule has 0 fully saturated rings. The molecule has 0 atom stereocenters. The maximum Gasteiger partial charge on any atom is 0.257 e. The van der Waals surface area contributed by atoms with Crippen molar-refractivity contribution in [3.05, 3.63) is 60.0 Å². The fourth-order valence-electron chi connectivity index (χ4n) is 2.58. The fourth-order valence-corrected chi connectivity index (χ4v) is 3.25. The monoisotopic (exact) mass is 365 g/mol. The zero-order chi connectivity index (χ0) is 18.1. The Labute approximate surface area is 155 Å². The summed E-state index contributed by atoms with van der Waals surface area (Å²) in [6, 6.07) is 15.9. The highest BCUT2D eigenvalue weighted by Crippen LogP contribution is 2.28. The van der Waals surface area contributed by atoms with Gasteiger partial charge in [0.1, 0.15) is 5.52 Å². The molecule has 0 aliphatic carbocycles. The summed E-state index contributed by atoms with van der Waals surface area (Å²) >= 11 is 1.44. The standard InChI is InChI=1S/C20H19N3O2S/c1-20(2,3)14-10-8-13(9-11-14)18-23-22-17(25-18)12-26-19-21-15-6-4-5-7-16(15)24-19/h4-11H,12H2,1-3H3. The van der Waals surface area contributed by atoms with Crippen molar-refractivity contribution in [1.82, 2.24) is 15.2 Å². The van der Waals surface area contributed by atoms with Crippen molar-refractivity contribution in [2.45, 2.75) is 37.2 Å². The Morgan fingerprint density at radius 1 is 0.923 bits per heavy atom. The maximum absolute atomic E-state index is 5.78. The van der Waals surface area contributed by atoms with Crippen LogP contribution in [0.2, 0.25) is 0 Å². The molecule has 6 heteroatoms. The van der Waals surface area contributed by atoms with Crippen molar-refractivity contribution in [2.75, 3.05) is 0 Å². The number of benzene rings is 2. The van der Waals surface area contributed by atoms with Gasteiger partial charge in [0.25, 0.3) is 5.22 Å². The Balaban J connectivity index is 1.46. The molecule has 2 heterocycles. The molecule has 132 valence electrons. The second-order valence-corrected chi connectivity index (χ2v) is 7.99. The normalized spacial score (nSPS) is 12.0. The molecule has 0 aliphatic rings. The van der Waals surface area contributed by atoms with E-state index in [1.54, 1.807) is 0 Å². The first-order valence-electron chi connectivity index (χ1n) is 8.41. The van der Waals surface area contributed by atoms with E-state index in [0.717, 1.165) is 16.7 Å². The van der Waals surface area contributed by atoms with Crippen LogP contribution >= 0.6 is 11.8 Å². The number of hydrogen-bond donors (Lipinski definition) is 0. The molecule has 2 aromatic carbocycles. The maximum atomic E-state index is 5.78. The summed E-state index contributed by atoms with van der Waals surface area (Å²) in [6.07, 6.45) is 0. The van der Waals surface area contributed by atoms with E-state index in [1.807, 2.05) is 36.4 Å². The summed E-state index contributed by atoms with van der Waals surface area (Å²) in [5.74, 6) is 1.59. The SMILES string of the molecule is CC(C)(C)c1ccc(-c2nnc(CSc3nc4ccccc4o3)o2)cc1. The zero-order valence-electron chi connectivity index (χ0n) is 14.9. The lowest BCUT2D eigenvalue weighted by atomic mass is 9.87. The van der Waals surface area contributed by atoms with Gasteiger partial charge in [-0.2, -0.15) is 0 Å². The van der Waals surface area contributed by atoms with Gasteiger partial charge in [-0.1, -0.05) is 56.8 Å². The minimum absolute atomic E-state index is 0.120. The number of oxazole rings is 1. The van der Waals surface area contributed by atoms with E-state index < -0.39 is 0 Å². The molecule has 0 spiro atoms. The molecule has 26 heavy (non-hydrogen) atoms. The van der Waals surface area contributed by atoms with Gasteiger partial charge < -0.3 is 8.83 Å². The number of aromatic nitrogens is 3. The van der Waals surface area contributed by atoms with E-state index in [4.69, 9.17) is 8.83 Å². The van der Waals surface area contributed by atoms with Gasteiger partial charge in [-0.15, -0.1) is 10.2 Å². The molecule has 0 radical (unpaired) electrons. The average molecular weight is 365 g/mol. The smallest absolute Gasteiger partial charge is 0.257 e. The van der Waals surface area contributed by atoms with Crippen LogP contribution in [0.25, 0.3) is 22.6 Å². The van der Waals surface area contributed by atoms with E-state index in [9.17, 15) is 0 Å². The lowest BCUT2D eigenvalue weighted by Crippen LogP contribution is -2.10. The minimum Gasteiger partial charge on any atom is -0.431 e. The summed E-state index contributed by atoms with van der Waals surface area (Å²) in [6.45, 7) is 6.57. The Morgan fingerprint density at radius 2 is 1.69 bits per heavy atom. The molecule has 0 unspecified atom stereocenters. The van der Waals surface area contributed by atoms with Gasteiger partial charge in [0.15, 0.2) is 5.58 Å². The molecule has 0 saturated carbocycles. The highest BCUT2D eigenvalue weighted by molar-refractivity contribution is 7.98. The van der Waals surface area contributed by atoms with Crippen LogP contribution in [0.5, 0.6) is 0 Å². The van der Waals surface area contributed by atoms with Crippen LogP contribution in [-0.4, -0.2) is 15.2 Å². The van der Waals surface area contributed by atoms with Gasteiger partial charge in [-0.05, 0) is 35.2 Å². The average Bonchev–Trinajstić information content (AvgIpc) is 3.26. The van der Waals surface area contributed by atoms with Gasteiger partial charge in [0.05, 0.1) is 5.75 Å². The van der Waals surface area contributed by atoms with E-state index in [2.05, 4.69) is 48.1 Å². The Morgan fingerprint density at radius 3 is 2.42 bits per heavy atom. The second kappa shape index (κ2) is 6.61. The molecule has 4 aromatic rings. The van der Waals surface area contributed by atoms with Gasteiger partial charge in [-0.25, -0.2) is 4.98 Å². The summed E-state index contributed by atoms with van der Waals surface area (Å²) in [5, 5.41) is 8.88. The summed E-state index contributed by atoms with van der Waals surface area (Å²) < 4.78 is 11.5. The van der Waals surface area contributed by atoms with Gasteiger partial charge in [0, 0.05) is 5.56 Å². The predicted molar refractivity (Wildman–Crippen MR) is 102 cm³/mol. The summed E-state index contributed by atoms with van der Waals surface area (Å²) in [5.41, 5.74) is 3.94. The van der Waals surface area contributed by atoms with Crippen molar-refractivity contribution >= 4 is 22.9 Å². The van der Waals surface area contributed by atoms with Crippen molar-refractivity contribution < 1.29 is 8.83 Å². The highest BCUT2D eigenvalue weighted by atomic mass is 32.2. The van der Waals surface area contributed by atoms with E-state index in [0.29, 0.717) is 22.8 Å². The van der Waals surface area contributed by atoms with E-state index >= 15 is 0 Å². The molecule has 0 amide bonds. The molecular weight excluding hydrogens is 346 g/mol. The first-order chi connectivity index (χ1) is 12.5. The fraction of sp³-hybridized carbons (Fsp3) is 0.250. The Bertz CT molecular complexity index is 996. The van der Waals surface area contributed by atoms with Gasteiger partial charge in [-0.3, -0.25) is 0 Å². The van der Waals surface area contributed by atoms with Crippen LogP contribution in [-0.2, 0) is 11.2 Å². The third-order valence-electron chi connectivity index (χ3n) is 4.06. The van der Waals surface area contributed by atoms with Crippen molar-refractivity contribution in [3.8, 4) is 11.5 Å². The summed E-state index contributed by atoms with van der Waals surface area (Å²) in [4.78, 5) is 4.43. The second-order valence-electron chi connectivity index (χ2n) is 7.06. The molecule has 0 N–H and O–H groups in total. The highest BCUT2D eigenvalue weighted by Gasteiger charge is 2.15. The number of rotatable bonds is 4. The van der Waals surface area contributed by atoms with Crippen LogP contribution in [0.1, 0.15) is 32.2 Å². The molecule has 0 bridgehead atoms. The van der Waals surface area contributed by atoms with Crippen LogP contribution in [0.3, 0.4) is 0 Å². The number of hydrogen-bond acceptors (Lipinski definition) is 6. The van der Waals surface area contributed by atoms with Crippen LogP contribution < -0.4 is 0 Å². The van der Waals surface area contributed by atoms with Crippen LogP contribution in [0.15, 0.2) is 62.6 Å². The lowest BCUT2D eigenvalue weighted by molar-refractivity contribution is 0.486. The van der Waals surface area contributed by atoms with Crippen LogP contribution in [0, 0.1) is 0 Å². The number of nitrogens with zero attached hydrogens (tertiary/aromatic N) is 3. The molecule has 5 nitrogen and oxygen atoms in total. The van der Waals surface area contributed by atoms with Gasteiger partial charge >= 0.3 is 0 Å². The zero-order valence-corrected chi connectivity index (χ0v) is 15.7. The molecule has 0 aliphatic heterocycles. The Hall–Kier alpha value is -2.60. The quantitative estimate of drug-likeness (QED) is 0.447. The molecule has 4 rings (SSSR count). The Kier molecular flexibility index (Phi) is 4.28. The number of thioether (sulfide) groups is 1. The third kappa shape index (κ3) is 3.51. The number of para-hydroxylation sites is 2. The van der Waals surface area contributed by atoms with E-state index in [1.165, 1.54) is 17.3 Å². The predicted octanol–water partition coefficient (Wildman–Crippen LogP) is 5.47. The minimum atomic E-state index is 0.120.